The van der Waals surface area contributed by atoms with E-state index in [9.17, 15) is 13.6 Å². The summed E-state index contributed by atoms with van der Waals surface area (Å²) in [5.74, 6) is -1.59. The molecule has 1 N–H and O–H groups in total. The molecule has 1 amide bonds. The molecule has 1 aromatic carbocycles. The smallest absolute Gasteiger partial charge is 0.407 e. The van der Waals surface area contributed by atoms with Gasteiger partial charge in [-0.1, -0.05) is 11.6 Å². The Labute approximate surface area is 89.0 Å². The number of hydrogen-bond donors (Lipinski definition) is 1. The standard InChI is InChI=1S/C9H6ClF2NO2/c10-4-1-5(11)8(6(12)2-4)7-3-15-9(14)13-7/h1-2,7H,3H2,(H,13,14)/t7-/m1/s1. The predicted octanol–water partition coefficient (Wildman–Crippen LogP) is 2.40. The van der Waals surface area contributed by atoms with E-state index in [1.165, 1.54) is 0 Å². The van der Waals surface area contributed by atoms with Crippen LogP contribution in [0.1, 0.15) is 11.6 Å². The van der Waals surface area contributed by atoms with Crippen molar-refractivity contribution in [3.8, 4) is 0 Å². The van der Waals surface area contributed by atoms with Crippen LogP contribution < -0.4 is 5.32 Å². The zero-order valence-corrected chi connectivity index (χ0v) is 8.15. The number of cyclic esters (lactones) is 1. The number of amides is 1. The largest absolute Gasteiger partial charge is 0.447 e. The van der Waals surface area contributed by atoms with Gasteiger partial charge >= 0.3 is 6.09 Å². The number of carbonyl (C=O) groups excluding carboxylic acids is 1. The van der Waals surface area contributed by atoms with Gasteiger partial charge < -0.3 is 10.1 Å². The summed E-state index contributed by atoms with van der Waals surface area (Å²) in [6.07, 6.45) is -0.686. The Bertz CT molecular complexity index is 402. The van der Waals surface area contributed by atoms with Gasteiger partial charge in [-0.05, 0) is 12.1 Å². The van der Waals surface area contributed by atoms with Crippen molar-refractivity contribution in [2.75, 3.05) is 6.61 Å². The highest BCUT2D eigenvalue weighted by Crippen LogP contribution is 2.26. The lowest BCUT2D eigenvalue weighted by atomic mass is 10.1. The number of halogens is 3. The van der Waals surface area contributed by atoms with Crippen molar-refractivity contribution in [3.05, 3.63) is 34.4 Å². The minimum absolute atomic E-state index is 0.0287. The second-order valence-electron chi connectivity index (χ2n) is 3.08. The molecule has 0 unspecified atom stereocenters. The summed E-state index contributed by atoms with van der Waals surface area (Å²) in [7, 11) is 0. The Balaban J connectivity index is 2.39. The van der Waals surface area contributed by atoms with Crippen LogP contribution in [0.25, 0.3) is 0 Å². The van der Waals surface area contributed by atoms with Gasteiger partial charge in [0.15, 0.2) is 0 Å². The highest BCUT2D eigenvalue weighted by Gasteiger charge is 2.29. The van der Waals surface area contributed by atoms with E-state index in [2.05, 4.69) is 10.1 Å². The van der Waals surface area contributed by atoms with Gasteiger partial charge in [-0.3, -0.25) is 0 Å². The maximum Gasteiger partial charge on any atom is 0.407 e. The van der Waals surface area contributed by atoms with Crippen molar-refractivity contribution >= 4 is 17.7 Å². The number of hydrogen-bond acceptors (Lipinski definition) is 2. The minimum atomic E-state index is -0.797. The van der Waals surface area contributed by atoms with Crippen LogP contribution in [0.5, 0.6) is 0 Å². The number of rotatable bonds is 1. The molecule has 1 atom stereocenters. The first kappa shape index (κ1) is 10.2. The molecule has 1 saturated heterocycles. The van der Waals surface area contributed by atoms with E-state index in [4.69, 9.17) is 11.6 Å². The Hall–Kier alpha value is -1.36. The van der Waals surface area contributed by atoms with E-state index >= 15 is 0 Å². The fourth-order valence-corrected chi connectivity index (χ4v) is 1.62. The molecule has 3 nitrogen and oxygen atoms in total. The summed E-state index contributed by atoms with van der Waals surface area (Å²) >= 11 is 5.46. The second-order valence-corrected chi connectivity index (χ2v) is 3.51. The summed E-state index contributed by atoms with van der Waals surface area (Å²) in [4.78, 5) is 10.7. The SMILES string of the molecule is O=C1N[C@@H](c2c(F)cc(Cl)cc2F)CO1. The van der Waals surface area contributed by atoms with Gasteiger partial charge in [0.1, 0.15) is 18.2 Å². The lowest BCUT2D eigenvalue weighted by Gasteiger charge is -2.10. The number of alkyl carbamates (subject to hydrolysis) is 1. The highest BCUT2D eigenvalue weighted by atomic mass is 35.5. The maximum absolute atomic E-state index is 13.4. The molecule has 15 heavy (non-hydrogen) atoms. The van der Waals surface area contributed by atoms with E-state index in [-0.39, 0.29) is 17.2 Å². The van der Waals surface area contributed by atoms with Crippen molar-refractivity contribution < 1.29 is 18.3 Å². The van der Waals surface area contributed by atoms with Gasteiger partial charge in [0, 0.05) is 10.6 Å². The first-order chi connectivity index (χ1) is 7.08. The maximum atomic E-state index is 13.4. The number of carbonyl (C=O) groups is 1. The zero-order chi connectivity index (χ0) is 11.0. The van der Waals surface area contributed by atoms with E-state index in [1.54, 1.807) is 0 Å². The minimum Gasteiger partial charge on any atom is -0.447 e. The molecule has 1 aliphatic heterocycles. The van der Waals surface area contributed by atoms with Crippen molar-refractivity contribution in [2.24, 2.45) is 0 Å². The summed E-state index contributed by atoms with van der Waals surface area (Å²) in [5.41, 5.74) is -0.231. The Morgan fingerprint density at radius 3 is 2.47 bits per heavy atom. The number of benzene rings is 1. The number of ether oxygens (including phenoxy) is 1. The van der Waals surface area contributed by atoms with Gasteiger partial charge in [-0.2, -0.15) is 0 Å². The predicted molar refractivity (Wildman–Crippen MR) is 48.6 cm³/mol. The molecular weight excluding hydrogens is 228 g/mol. The van der Waals surface area contributed by atoms with Crippen LogP contribution in [0.4, 0.5) is 13.6 Å². The van der Waals surface area contributed by atoms with Crippen LogP contribution in [0.2, 0.25) is 5.02 Å². The van der Waals surface area contributed by atoms with Crippen LogP contribution >= 0.6 is 11.6 Å². The van der Waals surface area contributed by atoms with Gasteiger partial charge in [0.05, 0.1) is 6.04 Å². The summed E-state index contributed by atoms with van der Waals surface area (Å²) in [6.45, 7) is -0.0890. The van der Waals surface area contributed by atoms with Gasteiger partial charge in [-0.25, -0.2) is 13.6 Å². The fraction of sp³-hybridized carbons (Fsp3) is 0.222. The topological polar surface area (TPSA) is 38.3 Å². The summed E-state index contributed by atoms with van der Waals surface area (Å²) < 4.78 is 31.3. The molecule has 1 aromatic rings. The first-order valence-electron chi connectivity index (χ1n) is 4.15. The third kappa shape index (κ3) is 1.87. The lowest BCUT2D eigenvalue weighted by molar-refractivity contribution is 0.176. The van der Waals surface area contributed by atoms with Crippen LogP contribution in [0.15, 0.2) is 12.1 Å². The molecule has 1 fully saturated rings. The van der Waals surface area contributed by atoms with Crippen molar-refractivity contribution in [1.29, 1.82) is 0 Å². The molecule has 0 saturated carbocycles. The van der Waals surface area contributed by atoms with Crippen LogP contribution in [0.3, 0.4) is 0 Å². The lowest BCUT2D eigenvalue weighted by Crippen LogP contribution is -2.20. The molecule has 1 aliphatic rings. The summed E-state index contributed by atoms with van der Waals surface area (Å²) in [6, 6.07) is 1.18. The average Bonchev–Trinajstić information content (AvgIpc) is 2.49. The molecule has 0 spiro atoms. The third-order valence-corrected chi connectivity index (χ3v) is 2.28. The van der Waals surface area contributed by atoms with E-state index in [0.717, 1.165) is 12.1 Å². The molecular formula is C9H6ClF2NO2. The molecule has 0 radical (unpaired) electrons. The second kappa shape index (κ2) is 3.66. The van der Waals surface area contributed by atoms with Gasteiger partial charge in [0.2, 0.25) is 0 Å². The Morgan fingerprint density at radius 2 is 2.00 bits per heavy atom. The average molecular weight is 234 g/mol. The molecule has 0 aliphatic carbocycles. The fourth-order valence-electron chi connectivity index (χ4n) is 1.43. The van der Waals surface area contributed by atoms with Crippen molar-refractivity contribution in [3.63, 3.8) is 0 Å². The van der Waals surface area contributed by atoms with Gasteiger partial charge in [0.25, 0.3) is 0 Å². The molecule has 0 aromatic heterocycles. The van der Waals surface area contributed by atoms with E-state index in [0.29, 0.717) is 0 Å². The molecule has 80 valence electrons. The van der Waals surface area contributed by atoms with Crippen LogP contribution in [0, 0.1) is 11.6 Å². The van der Waals surface area contributed by atoms with Crippen LogP contribution in [-0.2, 0) is 4.74 Å². The molecule has 1 heterocycles. The van der Waals surface area contributed by atoms with Gasteiger partial charge in [-0.15, -0.1) is 0 Å². The van der Waals surface area contributed by atoms with E-state index in [1.807, 2.05) is 0 Å². The zero-order valence-electron chi connectivity index (χ0n) is 7.39. The molecule has 0 bridgehead atoms. The quantitative estimate of drug-likeness (QED) is 0.809. The Kier molecular flexibility index (Phi) is 2.48. The van der Waals surface area contributed by atoms with Crippen molar-refractivity contribution in [1.82, 2.24) is 5.32 Å². The summed E-state index contributed by atoms with van der Waals surface area (Å²) in [5, 5.41) is 2.26. The van der Waals surface area contributed by atoms with Crippen LogP contribution in [-0.4, -0.2) is 12.7 Å². The highest BCUT2D eigenvalue weighted by molar-refractivity contribution is 6.30. The molecule has 2 rings (SSSR count). The first-order valence-corrected chi connectivity index (χ1v) is 4.53. The Morgan fingerprint density at radius 1 is 1.40 bits per heavy atom. The molecule has 6 heteroatoms. The third-order valence-electron chi connectivity index (χ3n) is 2.07. The van der Waals surface area contributed by atoms with E-state index < -0.39 is 23.8 Å². The number of nitrogens with one attached hydrogen (secondary N) is 1. The van der Waals surface area contributed by atoms with Crippen molar-refractivity contribution in [2.45, 2.75) is 6.04 Å². The normalized spacial score (nSPS) is 19.9. The monoisotopic (exact) mass is 233 g/mol.